The molecular weight excluding hydrogens is 456 g/mol. The number of nitrogens with zero attached hydrogens (tertiary/aromatic N) is 2. The summed E-state index contributed by atoms with van der Waals surface area (Å²) in [5, 5.41) is 0. The predicted octanol–water partition coefficient (Wildman–Crippen LogP) is 6.33. The normalized spacial score (nSPS) is 12.3. The molecule has 0 aliphatic rings. The van der Waals surface area contributed by atoms with Crippen LogP contribution in [0.1, 0.15) is 63.5 Å². The molecular formula is C29H41N2O3S+. The number of benzene rings is 1. The highest BCUT2D eigenvalue weighted by Gasteiger charge is 2.12. The van der Waals surface area contributed by atoms with Crippen molar-refractivity contribution in [1.29, 1.82) is 0 Å². The molecule has 1 heterocycles. The molecule has 2 rings (SSSR count). The van der Waals surface area contributed by atoms with Crippen molar-refractivity contribution in [1.82, 2.24) is 0 Å². The number of hydrogen-bond acceptors (Lipinski definition) is 3. The average molecular weight is 498 g/mol. The third-order valence-corrected chi connectivity index (χ3v) is 6.69. The van der Waals surface area contributed by atoms with Gasteiger partial charge in [-0.05, 0) is 36.5 Å². The zero-order chi connectivity index (χ0) is 25.5. The molecule has 0 radical (unpaired) electrons. The van der Waals surface area contributed by atoms with E-state index < -0.39 is 10.1 Å². The van der Waals surface area contributed by atoms with Crippen LogP contribution in [0.15, 0.2) is 73.6 Å². The van der Waals surface area contributed by atoms with E-state index in [1.54, 1.807) is 0 Å². The predicted molar refractivity (Wildman–Crippen MR) is 148 cm³/mol. The SMILES string of the molecule is C=C/C(=C\C=C\c1cc[n+](CCCCS(=O)(=O)O)cc1)c1ccccc1N(CCCC)CCCC. The Kier molecular flexibility index (Phi) is 12.5. The maximum atomic E-state index is 10.8. The quantitative estimate of drug-likeness (QED) is 0.127. The Hall–Kier alpha value is -2.70. The second kappa shape index (κ2) is 15.3. The number of anilines is 1. The van der Waals surface area contributed by atoms with Crippen LogP contribution in [0.3, 0.4) is 0 Å². The van der Waals surface area contributed by atoms with Crippen LogP contribution in [0, 0.1) is 0 Å². The standard InChI is InChI=1S/C29H40N2O3S/c1-4-7-21-31(22-8-5-2)29-17-10-9-16-28(29)27(6-3)15-13-14-26-18-23-30(24-19-26)20-11-12-25-35(32,33)34/h6,9-10,13-19,23-24H,3-5,7-8,11-12,20-22,25H2,1-2H3/p+1. The summed E-state index contributed by atoms with van der Waals surface area (Å²) < 4.78 is 32.5. The van der Waals surface area contributed by atoms with Gasteiger partial charge in [-0.25, -0.2) is 4.57 Å². The second-order valence-corrected chi connectivity index (χ2v) is 10.3. The first-order valence-corrected chi connectivity index (χ1v) is 14.3. The van der Waals surface area contributed by atoms with E-state index >= 15 is 0 Å². The number of unbranched alkanes of at least 4 members (excludes halogenated alkanes) is 3. The van der Waals surface area contributed by atoms with E-state index in [1.807, 2.05) is 35.2 Å². The lowest BCUT2D eigenvalue weighted by atomic mass is 10.0. The van der Waals surface area contributed by atoms with Gasteiger partial charge in [-0.15, -0.1) is 0 Å². The molecule has 2 aromatic rings. The van der Waals surface area contributed by atoms with Crippen LogP contribution in [-0.4, -0.2) is 31.8 Å². The summed E-state index contributed by atoms with van der Waals surface area (Å²) in [7, 11) is -3.87. The van der Waals surface area contributed by atoms with Crippen LogP contribution in [0.4, 0.5) is 5.69 Å². The highest BCUT2D eigenvalue weighted by atomic mass is 32.2. The highest BCUT2D eigenvalue weighted by Crippen LogP contribution is 2.29. The van der Waals surface area contributed by atoms with Crippen molar-refractivity contribution in [3.63, 3.8) is 0 Å². The second-order valence-electron chi connectivity index (χ2n) is 8.76. The minimum atomic E-state index is -3.87. The molecule has 0 spiro atoms. The van der Waals surface area contributed by atoms with Crippen molar-refractivity contribution in [3.05, 3.63) is 84.7 Å². The molecule has 0 saturated heterocycles. The fourth-order valence-electron chi connectivity index (χ4n) is 3.88. The van der Waals surface area contributed by atoms with Gasteiger partial charge in [0.05, 0.1) is 5.75 Å². The van der Waals surface area contributed by atoms with Gasteiger partial charge in [0.15, 0.2) is 12.4 Å². The third kappa shape index (κ3) is 10.6. The first kappa shape index (κ1) is 28.5. The summed E-state index contributed by atoms with van der Waals surface area (Å²) in [5.41, 5.74) is 4.65. The lowest BCUT2D eigenvalue weighted by Crippen LogP contribution is -2.32. The average Bonchev–Trinajstić information content (AvgIpc) is 2.85. The first-order chi connectivity index (χ1) is 16.9. The third-order valence-electron chi connectivity index (χ3n) is 5.89. The molecule has 190 valence electrons. The zero-order valence-electron chi connectivity index (χ0n) is 21.3. The van der Waals surface area contributed by atoms with Crippen molar-refractivity contribution >= 4 is 27.5 Å². The number of aryl methyl sites for hydroxylation is 1. The summed E-state index contributed by atoms with van der Waals surface area (Å²) >= 11 is 0. The molecule has 35 heavy (non-hydrogen) atoms. The summed E-state index contributed by atoms with van der Waals surface area (Å²) in [6.45, 7) is 11.4. The lowest BCUT2D eigenvalue weighted by molar-refractivity contribution is -0.697. The van der Waals surface area contributed by atoms with Gasteiger partial charge >= 0.3 is 0 Å². The van der Waals surface area contributed by atoms with Gasteiger partial charge in [0.25, 0.3) is 10.1 Å². The molecule has 6 heteroatoms. The maximum Gasteiger partial charge on any atom is 0.264 e. The molecule has 0 unspecified atom stereocenters. The Morgan fingerprint density at radius 3 is 2.26 bits per heavy atom. The van der Waals surface area contributed by atoms with Crippen LogP contribution in [0.25, 0.3) is 11.6 Å². The number of pyridine rings is 1. The Bertz CT molecular complexity index is 1070. The van der Waals surface area contributed by atoms with Gasteiger partial charge in [0, 0.05) is 42.9 Å². The summed E-state index contributed by atoms with van der Waals surface area (Å²) in [6.07, 6.45) is 18.0. The fourth-order valence-corrected chi connectivity index (χ4v) is 4.45. The molecule has 0 saturated carbocycles. The molecule has 0 aliphatic carbocycles. The number of aromatic nitrogens is 1. The van der Waals surface area contributed by atoms with Crippen molar-refractivity contribution in [2.75, 3.05) is 23.7 Å². The molecule has 0 bridgehead atoms. The van der Waals surface area contributed by atoms with Crippen LogP contribution in [0.5, 0.6) is 0 Å². The summed E-state index contributed by atoms with van der Waals surface area (Å²) in [4.78, 5) is 2.51. The molecule has 5 nitrogen and oxygen atoms in total. The topological polar surface area (TPSA) is 61.5 Å². The van der Waals surface area contributed by atoms with Gasteiger partial charge in [0.1, 0.15) is 6.54 Å². The van der Waals surface area contributed by atoms with E-state index in [2.05, 4.69) is 67.8 Å². The Labute approximate surface area is 212 Å². The van der Waals surface area contributed by atoms with Crippen molar-refractivity contribution < 1.29 is 17.5 Å². The Morgan fingerprint density at radius 2 is 1.66 bits per heavy atom. The maximum absolute atomic E-state index is 10.8. The van der Waals surface area contributed by atoms with E-state index in [1.165, 1.54) is 36.9 Å². The lowest BCUT2D eigenvalue weighted by Gasteiger charge is -2.27. The number of rotatable bonds is 16. The van der Waals surface area contributed by atoms with Crippen LogP contribution in [-0.2, 0) is 16.7 Å². The minimum absolute atomic E-state index is 0.190. The fraction of sp³-hybridized carbons (Fsp3) is 0.414. The van der Waals surface area contributed by atoms with Crippen LogP contribution >= 0.6 is 0 Å². The van der Waals surface area contributed by atoms with E-state index in [0.29, 0.717) is 19.4 Å². The number of hydrogen-bond donors (Lipinski definition) is 1. The van der Waals surface area contributed by atoms with Crippen LogP contribution in [0.2, 0.25) is 0 Å². The number of para-hydroxylation sites is 1. The Balaban J connectivity index is 2.10. The minimum Gasteiger partial charge on any atom is -0.371 e. The smallest absolute Gasteiger partial charge is 0.264 e. The first-order valence-electron chi connectivity index (χ1n) is 12.7. The molecule has 0 aliphatic heterocycles. The van der Waals surface area contributed by atoms with Crippen LogP contribution < -0.4 is 9.47 Å². The van der Waals surface area contributed by atoms with Gasteiger partial charge in [0.2, 0.25) is 0 Å². The summed E-state index contributed by atoms with van der Waals surface area (Å²) in [5.74, 6) is -0.190. The molecule has 0 fully saturated rings. The van der Waals surface area contributed by atoms with Gasteiger partial charge in [-0.1, -0.05) is 75.8 Å². The van der Waals surface area contributed by atoms with E-state index in [4.69, 9.17) is 4.55 Å². The zero-order valence-corrected chi connectivity index (χ0v) is 22.1. The van der Waals surface area contributed by atoms with Gasteiger partial charge in [-0.3, -0.25) is 4.55 Å². The van der Waals surface area contributed by atoms with E-state index in [9.17, 15) is 8.42 Å². The highest BCUT2D eigenvalue weighted by molar-refractivity contribution is 7.85. The van der Waals surface area contributed by atoms with E-state index in [0.717, 1.165) is 24.2 Å². The van der Waals surface area contributed by atoms with Crippen molar-refractivity contribution in [3.8, 4) is 0 Å². The van der Waals surface area contributed by atoms with Gasteiger partial charge in [-0.2, -0.15) is 8.42 Å². The number of allylic oxidation sites excluding steroid dienone is 4. The van der Waals surface area contributed by atoms with Crippen molar-refractivity contribution in [2.24, 2.45) is 0 Å². The molecule has 1 aromatic heterocycles. The summed E-state index contributed by atoms with van der Waals surface area (Å²) in [6, 6.07) is 12.7. The van der Waals surface area contributed by atoms with E-state index in [-0.39, 0.29) is 5.75 Å². The largest absolute Gasteiger partial charge is 0.371 e. The molecule has 0 amide bonds. The van der Waals surface area contributed by atoms with Crippen molar-refractivity contribution in [2.45, 2.75) is 58.9 Å². The molecule has 1 N–H and O–H groups in total. The van der Waals surface area contributed by atoms with Gasteiger partial charge < -0.3 is 4.90 Å². The Morgan fingerprint density at radius 1 is 1.00 bits per heavy atom. The molecule has 0 atom stereocenters. The molecule has 1 aromatic carbocycles. The monoisotopic (exact) mass is 497 g/mol.